The first-order chi connectivity index (χ1) is 16.0. The molecule has 3 heterocycles. The molecular formula is C18H31FO15. The summed E-state index contributed by atoms with van der Waals surface area (Å²) in [6, 6.07) is 0. The fourth-order valence-electron chi connectivity index (χ4n) is 4.02. The quantitative estimate of drug-likeness (QED) is 0.154. The van der Waals surface area contributed by atoms with E-state index >= 15 is 0 Å². The molecule has 0 aromatic carbocycles. The van der Waals surface area contributed by atoms with Crippen LogP contribution in [0.15, 0.2) is 0 Å². The molecule has 3 aliphatic rings. The Morgan fingerprint density at radius 2 is 0.912 bits per heavy atom. The Morgan fingerprint density at radius 1 is 0.500 bits per heavy atom. The average Bonchev–Trinajstić information content (AvgIpc) is 2.82. The van der Waals surface area contributed by atoms with Crippen molar-refractivity contribution in [3.8, 4) is 0 Å². The zero-order valence-electron chi connectivity index (χ0n) is 17.7. The molecule has 0 bridgehead atoms. The number of alkyl halides is 1. The number of halogens is 1. The summed E-state index contributed by atoms with van der Waals surface area (Å²) in [7, 11) is 0. The van der Waals surface area contributed by atoms with Crippen LogP contribution in [-0.4, -0.2) is 163 Å². The van der Waals surface area contributed by atoms with Gasteiger partial charge in [0.05, 0.1) is 19.8 Å². The van der Waals surface area contributed by atoms with Crippen LogP contribution in [0.1, 0.15) is 0 Å². The molecule has 200 valence electrons. The van der Waals surface area contributed by atoms with E-state index in [0.717, 1.165) is 0 Å². The van der Waals surface area contributed by atoms with Crippen molar-refractivity contribution in [2.75, 3.05) is 19.8 Å². The standard InChI is InChI=1S/C18H31FO15/c19-16-12(28)14(8(24)5(2-21)30-16)33-18-13(29)15(9(25)6(3-22)32-18)34-17-11(27)10(26)7(23)4(1-20)31-17/h4-18,20-29H,1-3H2/t4-,5-,6-,7-,8-,9-,10+,11-,12-,13-,14+,15+,16-,17+,18+/m1/s1. The van der Waals surface area contributed by atoms with Gasteiger partial charge in [-0.2, -0.15) is 0 Å². The summed E-state index contributed by atoms with van der Waals surface area (Å²) in [5.74, 6) is 0. The Morgan fingerprint density at radius 3 is 1.41 bits per heavy atom. The van der Waals surface area contributed by atoms with Crippen LogP contribution in [0.25, 0.3) is 0 Å². The van der Waals surface area contributed by atoms with Gasteiger partial charge in [-0.25, -0.2) is 4.39 Å². The molecule has 0 aliphatic carbocycles. The highest BCUT2D eigenvalue weighted by Crippen LogP contribution is 2.32. The molecule has 3 rings (SSSR count). The SMILES string of the molecule is OC[C@H]1O[C@@H](O[C@@H]2[C@@H](O)[C@H](O[C@@H]3[C@@H](O)[C@H](F)O[C@H](CO)[C@H]3O)O[C@H](CO)[C@H]2O)[C@H](O)[C@@H](O)[C@@H]1O. The van der Waals surface area contributed by atoms with Crippen LogP contribution in [0.2, 0.25) is 0 Å². The highest BCUT2D eigenvalue weighted by atomic mass is 19.1. The van der Waals surface area contributed by atoms with Gasteiger partial charge in [0.15, 0.2) is 12.6 Å². The summed E-state index contributed by atoms with van der Waals surface area (Å²) >= 11 is 0. The van der Waals surface area contributed by atoms with Gasteiger partial charge in [0.2, 0.25) is 6.36 Å². The van der Waals surface area contributed by atoms with Crippen molar-refractivity contribution in [2.45, 2.75) is 92.2 Å². The van der Waals surface area contributed by atoms with Crippen LogP contribution in [0.3, 0.4) is 0 Å². The van der Waals surface area contributed by atoms with Crippen LogP contribution >= 0.6 is 0 Å². The summed E-state index contributed by atoms with van der Waals surface area (Å²) in [5.41, 5.74) is 0. The predicted molar refractivity (Wildman–Crippen MR) is 100 cm³/mol. The first-order valence-electron chi connectivity index (χ1n) is 10.6. The van der Waals surface area contributed by atoms with Gasteiger partial charge in [0.25, 0.3) is 0 Å². The molecule has 15 atom stereocenters. The lowest BCUT2D eigenvalue weighted by Gasteiger charge is -2.47. The van der Waals surface area contributed by atoms with E-state index in [2.05, 4.69) is 4.74 Å². The summed E-state index contributed by atoms with van der Waals surface area (Å²) in [6.45, 7) is -2.44. The highest BCUT2D eigenvalue weighted by molar-refractivity contribution is 4.96. The van der Waals surface area contributed by atoms with Crippen molar-refractivity contribution in [3.05, 3.63) is 0 Å². The van der Waals surface area contributed by atoms with Crippen molar-refractivity contribution in [1.29, 1.82) is 0 Å². The van der Waals surface area contributed by atoms with Crippen molar-refractivity contribution >= 4 is 0 Å². The van der Waals surface area contributed by atoms with E-state index in [-0.39, 0.29) is 0 Å². The monoisotopic (exact) mass is 506 g/mol. The minimum Gasteiger partial charge on any atom is -0.394 e. The number of hydrogen-bond donors (Lipinski definition) is 10. The summed E-state index contributed by atoms with van der Waals surface area (Å²) in [6.07, 6.45) is -26.8. The molecule has 0 saturated carbocycles. The summed E-state index contributed by atoms with van der Waals surface area (Å²) < 4.78 is 39.8. The number of rotatable bonds is 7. The average molecular weight is 506 g/mol. The Hall–Kier alpha value is -0.670. The first-order valence-corrected chi connectivity index (χ1v) is 10.6. The second kappa shape index (κ2) is 11.6. The molecule has 3 saturated heterocycles. The van der Waals surface area contributed by atoms with Crippen molar-refractivity contribution in [3.63, 3.8) is 0 Å². The van der Waals surface area contributed by atoms with Crippen LogP contribution < -0.4 is 0 Å². The van der Waals surface area contributed by atoms with Crippen molar-refractivity contribution in [2.24, 2.45) is 0 Å². The van der Waals surface area contributed by atoms with Crippen LogP contribution in [0.4, 0.5) is 4.39 Å². The highest BCUT2D eigenvalue weighted by Gasteiger charge is 2.53. The third kappa shape index (κ3) is 5.36. The molecule has 10 N–H and O–H groups in total. The van der Waals surface area contributed by atoms with Crippen LogP contribution in [0, 0.1) is 0 Å². The normalized spacial score (nSPS) is 52.5. The lowest BCUT2D eigenvalue weighted by atomic mass is 9.96. The van der Waals surface area contributed by atoms with Gasteiger partial charge in [-0.15, -0.1) is 0 Å². The molecule has 16 heteroatoms. The van der Waals surface area contributed by atoms with E-state index in [1.165, 1.54) is 0 Å². The van der Waals surface area contributed by atoms with Gasteiger partial charge in [0.1, 0.15) is 73.2 Å². The minimum absolute atomic E-state index is 0.773. The zero-order valence-corrected chi connectivity index (χ0v) is 17.7. The Kier molecular flexibility index (Phi) is 9.51. The van der Waals surface area contributed by atoms with Crippen molar-refractivity contribution in [1.82, 2.24) is 0 Å². The number of hydrogen-bond acceptors (Lipinski definition) is 15. The molecule has 15 nitrogen and oxygen atoms in total. The lowest BCUT2D eigenvalue weighted by molar-refractivity contribution is -0.376. The maximum atomic E-state index is 14.0. The fourth-order valence-corrected chi connectivity index (χ4v) is 4.02. The molecule has 3 aliphatic heterocycles. The van der Waals surface area contributed by atoms with Gasteiger partial charge in [-0.05, 0) is 0 Å². The first kappa shape index (κ1) is 27.9. The van der Waals surface area contributed by atoms with E-state index < -0.39 is 112 Å². The molecule has 0 spiro atoms. The number of aliphatic hydroxyl groups is 10. The second-order valence-electron chi connectivity index (χ2n) is 8.29. The Bertz CT molecular complexity index is 644. The van der Waals surface area contributed by atoms with E-state index in [9.17, 15) is 55.5 Å². The number of aliphatic hydroxyl groups excluding tert-OH is 10. The largest absolute Gasteiger partial charge is 0.394 e. The topological polar surface area (TPSA) is 248 Å². The Balaban J connectivity index is 1.78. The van der Waals surface area contributed by atoms with Crippen LogP contribution in [0.5, 0.6) is 0 Å². The molecule has 0 aromatic rings. The van der Waals surface area contributed by atoms with E-state index in [4.69, 9.17) is 18.9 Å². The minimum atomic E-state index is -2.37. The summed E-state index contributed by atoms with van der Waals surface area (Å²) in [5, 5.41) is 99.5. The van der Waals surface area contributed by atoms with Gasteiger partial charge >= 0.3 is 0 Å². The molecule has 34 heavy (non-hydrogen) atoms. The van der Waals surface area contributed by atoms with Gasteiger partial charge in [-0.3, -0.25) is 0 Å². The molecule has 0 amide bonds. The van der Waals surface area contributed by atoms with E-state index in [0.29, 0.717) is 0 Å². The van der Waals surface area contributed by atoms with E-state index in [1.54, 1.807) is 0 Å². The fraction of sp³-hybridized carbons (Fsp3) is 1.00. The zero-order chi connectivity index (χ0) is 25.3. The third-order valence-electron chi connectivity index (χ3n) is 6.06. The molecule has 0 unspecified atom stereocenters. The third-order valence-corrected chi connectivity index (χ3v) is 6.06. The summed E-state index contributed by atoms with van der Waals surface area (Å²) in [4.78, 5) is 0. The smallest absolute Gasteiger partial charge is 0.228 e. The maximum Gasteiger partial charge on any atom is 0.228 e. The van der Waals surface area contributed by atoms with Crippen molar-refractivity contribution < 1.29 is 79.1 Å². The van der Waals surface area contributed by atoms with Gasteiger partial charge in [0, 0.05) is 0 Å². The predicted octanol–water partition coefficient (Wildman–Crippen LogP) is -6.60. The second-order valence-corrected chi connectivity index (χ2v) is 8.29. The Labute approximate surface area is 192 Å². The van der Waals surface area contributed by atoms with Crippen LogP contribution in [-0.2, 0) is 23.7 Å². The van der Waals surface area contributed by atoms with Gasteiger partial charge < -0.3 is 74.7 Å². The molecule has 0 aromatic heterocycles. The maximum absolute atomic E-state index is 14.0. The lowest BCUT2D eigenvalue weighted by Crippen LogP contribution is -2.66. The molecule has 0 radical (unpaired) electrons. The van der Waals surface area contributed by atoms with Gasteiger partial charge in [-0.1, -0.05) is 0 Å². The molecular weight excluding hydrogens is 475 g/mol. The number of ether oxygens (including phenoxy) is 5. The van der Waals surface area contributed by atoms with E-state index in [1.807, 2.05) is 0 Å². The molecule has 3 fully saturated rings.